The number of nitrogens with zero attached hydrogens (tertiary/aromatic N) is 3. The van der Waals surface area contributed by atoms with Crippen LogP contribution in [0.5, 0.6) is 5.75 Å². The molecule has 1 aliphatic rings. The van der Waals surface area contributed by atoms with E-state index in [1.165, 1.54) is 19.2 Å². The van der Waals surface area contributed by atoms with E-state index in [0.717, 1.165) is 12.8 Å². The minimum atomic E-state index is -0.468. The summed E-state index contributed by atoms with van der Waals surface area (Å²) in [5.74, 6) is 0.411. The van der Waals surface area contributed by atoms with Gasteiger partial charge in [-0.05, 0) is 24.5 Å². The molecule has 1 aromatic heterocycles. The lowest BCUT2D eigenvalue weighted by Crippen LogP contribution is -2.23. The van der Waals surface area contributed by atoms with Crippen molar-refractivity contribution in [3.63, 3.8) is 0 Å². The zero-order valence-corrected chi connectivity index (χ0v) is 11.6. The number of ether oxygens (including phenoxy) is 1. The van der Waals surface area contributed by atoms with E-state index in [1.807, 2.05) is 0 Å². The third-order valence-corrected chi connectivity index (χ3v) is 3.56. The summed E-state index contributed by atoms with van der Waals surface area (Å²) in [5.41, 5.74) is 0.540. The van der Waals surface area contributed by atoms with Gasteiger partial charge in [0.2, 0.25) is 0 Å². The van der Waals surface area contributed by atoms with Crippen LogP contribution in [0.15, 0.2) is 35.4 Å². The number of nitro benzene ring substituents is 1. The van der Waals surface area contributed by atoms with E-state index < -0.39 is 4.92 Å². The maximum absolute atomic E-state index is 12.2. The van der Waals surface area contributed by atoms with Gasteiger partial charge >= 0.3 is 5.69 Å². The van der Waals surface area contributed by atoms with Crippen molar-refractivity contribution in [3.05, 3.63) is 56.8 Å². The third kappa shape index (κ3) is 2.67. The first-order chi connectivity index (χ1) is 10.1. The molecule has 0 spiro atoms. The molecular formula is C14H15N3O4. The predicted molar refractivity (Wildman–Crippen MR) is 75.7 cm³/mol. The highest BCUT2D eigenvalue weighted by atomic mass is 16.6. The van der Waals surface area contributed by atoms with E-state index in [4.69, 9.17) is 4.74 Å². The first-order valence-corrected chi connectivity index (χ1v) is 6.68. The predicted octanol–water partition coefficient (Wildman–Crippen LogP) is 1.95. The number of hydrogen-bond donors (Lipinski definition) is 0. The van der Waals surface area contributed by atoms with Gasteiger partial charge in [-0.1, -0.05) is 0 Å². The van der Waals surface area contributed by atoms with Gasteiger partial charge in [-0.3, -0.25) is 19.2 Å². The molecular weight excluding hydrogens is 274 g/mol. The fourth-order valence-electron chi connectivity index (χ4n) is 2.33. The van der Waals surface area contributed by atoms with Gasteiger partial charge in [0, 0.05) is 24.5 Å². The average Bonchev–Trinajstić information content (AvgIpc) is 3.25. The van der Waals surface area contributed by atoms with Gasteiger partial charge in [0.15, 0.2) is 0 Å². The van der Waals surface area contributed by atoms with Gasteiger partial charge in [-0.25, -0.2) is 4.79 Å². The highest BCUT2D eigenvalue weighted by Gasteiger charge is 2.25. The highest BCUT2D eigenvalue weighted by molar-refractivity contribution is 5.42. The Kier molecular flexibility index (Phi) is 3.25. The Labute approximate surface area is 120 Å². The van der Waals surface area contributed by atoms with Crippen molar-refractivity contribution in [1.82, 2.24) is 9.13 Å². The van der Waals surface area contributed by atoms with Gasteiger partial charge in [-0.15, -0.1) is 0 Å². The summed E-state index contributed by atoms with van der Waals surface area (Å²) in [6.45, 7) is 0.288. The monoisotopic (exact) mass is 289 g/mol. The van der Waals surface area contributed by atoms with Gasteiger partial charge in [-0.2, -0.15) is 0 Å². The molecule has 0 N–H and O–H groups in total. The quantitative estimate of drug-likeness (QED) is 0.622. The van der Waals surface area contributed by atoms with E-state index in [9.17, 15) is 14.9 Å². The summed E-state index contributed by atoms with van der Waals surface area (Å²) in [4.78, 5) is 22.6. The number of hydrogen-bond acceptors (Lipinski definition) is 4. The smallest absolute Gasteiger partial charge is 0.328 e. The highest BCUT2D eigenvalue weighted by Crippen LogP contribution is 2.33. The molecule has 0 saturated heterocycles. The molecule has 0 unspecified atom stereocenters. The van der Waals surface area contributed by atoms with Crippen molar-refractivity contribution in [1.29, 1.82) is 0 Å². The molecule has 110 valence electrons. The van der Waals surface area contributed by atoms with Crippen LogP contribution in [0.25, 0.3) is 0 Å². The average molecular weight is 289 g/mol. The Hall–Kier alpha value is -2.57. The van der Waals surface area contributed by atoms with Crippen LogP contribution in [0.3, 0.4) is 0 Å². The van der Waals surface area contributed by atoms with Crippen molar-refractivity contribution < 1.29 is 9.66 Å². The number of rotatable bonds is 5. The first kappa shape index (κ1) is 13.4. The molecule has 0 bridgehead atoms. The van der Waals surface area contributed by atoms with E-state index in [0.29, 0.717) is 17.4 Å². The van der Waals surface area contributed by atoms with Gasteiger partial charge in [0.25, 0.3) is 5.69 Å². The second-order valence-electron chi connectivity index (χ2n) is 5.14. The fraction of sp³-hybridized carbons (Fsp3) is 0.357. The molecule has 1 fully saturated rings. The standard InChI is InChI=1S/C14H15N3O4/c1-21-13-7-10(6-12(8-13)17(19)20)9-15-4-5-16(14(15)18)11-2-3-11/h4-8,11H,2-3,9H2,1H3. The number of aromatic nitrogens is 2. The molecule has 7 heteroatoms. The lowest BCUT2D eigenvalue weighted by Gasteiger charge is -2.06. The number of methoxy groups -OCH3 is 1. The van der Waals surface area contributed by atoms with Crippen molar-refractivity contribution in [3.8, 4) is 5.75 Å². The van der Waals surface area contributed by atoms with Crippen LogP contribution >= 0.6 is 0 Å². The van der Waals surface area contributed by atoms with Crippen LogP contribution in [0.4, 0.5) is 5.69 Å². The minimum Gasteiger partial charge on any atom is -0.496 e. The molecule has 21 heavy (non-hydrogen) atoms. The Morgan fingerprint density at radius 1 is 1.33 bits per heavy atom. The summed E-state index contributed by atoms with van der Waals surface area (Å²) < 4.78 is 8.34. The van der Waals surface area contributed by atoms with Crippen LogP contribution in [-0.4, -0.2) is 21.2 Å². The molecule has 1 heterocycles. The summed E-state index contributed by atoms with van der Waals surface area (Å²) in [7, 11) is 1.46. The van der Waals surface area contributed by atoms with E-state index in [1.54, 1.807) is 27.6 Å². The van der Waals surface area contributed by atoms with Crippen LogP contribution in [0, 0.1) is 10.1 Å². The Bertz CT molecular complexity index is 743. The van der Waals surface area contributed by atoms with Crippen molar-refractivity contribution >= 4 is 5.69 Å². The van der Waals surface area contributed by atoms with Gasteiger partial charge in [0.1, 0.15) is 5.75 Å². The zero-order valence-electron chi connectivity index (χ0n) is 11.6. The molecule has 7 nitrogen and oxygen atoms in total. The van der Waals surface area contributed by atoms with Crippen molar-refractivity contribution in [2.75, 3.05) is 7.11 Å². The molecule has 1 aromatic carbocycles. The maximum atomic E-state index is 12.2. The van der Waals surface area contributed by atoms with Crippen LogP contribution < -0.4 is 10.4 Å². The SMILES string of the molecule is COc1cc(Cn2ccn(C3CC3)c2=O)cc([N+](=O)[O-])c1. The maximum Gasteiger partial charge on any atom is 0.328 e. The van der Waals surface area contributed by atoms with Crippen molar-refractivity contribution in [2.24, 2.45) is 0 Å². The second kappa shape index (κ2) is 5.08. The normalized spacial score (nSPS) is 14.1. The molecule has 0 radical (unpaired) electrons. The lowest BCUT2D eigenvalue weighted by atomic mass is 10.2. The Morgan fingerprint density at radius 3 is 2.71 bits per heavy atom. The molecule has 1 saturated carbocycles. The van der Waals surface area contributed by atoms with Gasteiger partial charge in [0.05, 0.1) is 24.6 Å². The minimum absolute atomic E-state index is 0.0426. The van der Waals surface area contributed by atoms with E-state index >= 15 is 0 Å². The largest absolute Gasteiger partial charge is 0.496 e. The van der Waals surface area contributed by atoms with Crippen molar-refractivity contribution in [2.45, 2.75) is 25.4 Å². The summed E-state index contributed by atoms with van der Waals surface area (Å²) in [6.07, 6.45) is 5.56. The summed E-state index contributed by atoms with van der Waals surface area (Å²) in [5, 5.41) is 10.9. The first-order valence-electron chi connectivity index (χ1n) is 6.68. The van der Waals surface area contributed by atoms with E-state index in [-0.39, 0.29) is 17.9 Å². The summed E-state index contributed by atoms with van der Waals surface area (Å²) >= 11 is 0. The molecule has 0 atom stereocenters. The second-order valence-corrected chi connectivity index (χ2v) is 5.14. The molecule has 0 aliphatic heterocycles. The Balaban J connectivity index is 1.92. The topological polar surface area (TPSA) is 79.3 Å². The van der Waals surface area contributed by atoms with Crippen LogP contribution in [0.2, 0.25) is 0 Å². The zero-order chi connectivity index (χ0) is 15.0. The molecule has 3 rings (SSSR count). The Morgan fingerprint density at radius 2 is 2.10 bits per heavy atom. The number of benzene rings is 1. The number of imidazole rings is 1. The number of non-ortho nitro benzene ring substituents is 1. The molecule has 0 amide bonds. The van der Waals surface area contributed by atoms with Gasteiger partial charge < -0.3 is 4.74 Å². The number of nitro groups is 1. The van der Waals surface area contributed by atoms with Crippen LogP contribution in [0.1, 0.15) is 24.4 Å². The van der Waals surface area contributed by atoms with E-state index in [2.05, 4.69) is 0 Å². The lowest BCUT2D eigenvalue weighted by molar-refractivity contribution is -0.385. The third-order valence-electron chi connectivity index (χ3n) is 3.56. The van der Waals surface area contributed by atoms with Crippen LogP contribution in [-0.2, 0) is 6.54 Å². The molecule has 1 aliphatic carbocycles. The summed E-state index contributed by atoms with van der Waals surface area (Å²) in [6, 6.07) is 4.84. The molecule has 2 aromatic rings. The fourth-order valence-corrected chi connectivity index (χ4v) is 2.33.